The largest absolute Gasteiger partial charge is 0.375 e. The summed E-state index contributed by atoms with van der Waals surface area (Å²) in [6.45, 7) is 3.25. The average Bonchev–Trinajstić information content (AvgIpc) is 3.10. The van der Waals surface area contributed by atoms with Gasteiger partial charge in [-0.05, 0) is 18.8 Å². The fourth-order valence-corrected chi connectivity index (χ4v) is 2.05. The van der Waals surface area contributed by atoms with Crippen LogP contribution in [0.2, 0.25) is 0 Å². The fraction of sp³-hybridized carbons (Fsp3) is 0.917. The molecule has 92 valence electrons. The molecule has 1 saturated heterocycles. The molecule has 1 atom stereocenters. The lowest BCUT2D eigenvalue weighted by molar-refractivity contribution is -0.124. The highest BCUT2D eigenvalue weighted by Gasteiger charge is 2.20. The maximum Gasteiger partial charge on any atom is 0.222 e. The standard InChI is InChI=1S/C12H22N2O2/c15-12(8-11-9-13-6-7-16-11)14-5-1-2-10-3-4-10/h10-11,13H,1-9H2,(H,14,15). The molecule has 0 aromatic carbocycles. The van der Waals surface area contributed by atoms with Gasteiger partial charge in [0.2, 0.25) is 5.91 Å². The molecule has 0 aromatic rings. The van der Waals surface area contributed by atoms with Crippen LogP contribution in [0.15, 0.2) is 0 Å². The zero-order valence-electron chi connectivity index (χ0n) is 9.84. The second kappa shape index (κ2) is 6.21. The molecule has 0 radical (unpaired) electrons. The van der Waals surface area contributed by atoms with Gasteiger partial charge in [-0.15, -0.1) is 0 Å². The summed E-state index contributed by atoms with van der Waals surface area (Å²) in [7, 11) is 0. The van der Waals surface area contributed by atoms with Gasteiger partial charge < -0.3 is 15.4 Å². The van der Waals surface area contributed by atoms with E-state index < -0.39 is 0 Å². The number of carbonyl (C=O) groups is 1. The van der Waals surface area contributed by atoms with E-state index >= 15 is 0 Å². The second-order valence-electron chi connectivity index (χ2n) is 4.84. The lowest BCUT2D eigenvalue weighted by Crippen LogP contribution is -2.41. The second-order valence-corrected chi connectivity index (χ2v) is 4.84. The third kappa shape index (κ3) is 4.49. The van der Waals surface area contributed by atoms with E-state index in [4.69, 9.17) is 4.74 Å². The molecular weight excluding hydrogens is 204 g/mol. The summed E-state index contributed by atoms with van der Waals surface area (Å²) in [6.07, 6.45) is 5.76. The Labute approximate surface area is 97.1 Å². The fourth-order valence-electron chi connectivity index (χ4n) is 2.05. The third-order valence-corrected chi connectivity index (χ3v) is 3.23. The van der Waals surface area contributed by atoms with Crippen molar-refractivity contribution in [3.63, 3.8) is 0 Å². The number of ether oxygens (including phenoxy) is 1. The van der Waals surface area contributed by atoms with Crippen LogP contribution in [0.4, 0.5) is 0 Å². The summed E-state index contributed by atoms with van der Waals surface area (Å²) in [5.74, 6) is 1.09. The normalized spacial score (nSPS) is 25.4. The maximum atomic E-state index is 11.6. The molecule has 1 aliphatic heterocycles. The summed E-state index contributed by atoms with van der Waals surface area (Å²) < 4.78 is 5.48. The van der Waals surface area contributed by atoms with E-state index in [2.05, 4.69) is 10.6 Å². The number of rotatable bonds is 6. The van der Waals surface area contributed by atoms with Crippen molar-refractivity contribution >= 4 is 5.91 Å². The summed E-state index contributed by atoms with van der Waals surface area (Å²) in [4.78, 5) is 11.6. The number of hydrogen-bond donors (Lipinski definition) is 2. The molecule has 1 unspecified atom stereocenters. The van der Waals surface area contributed by atoms with E-state index in [1.807, 2.05) is 0 Å². The Morgan fingerprint density at radius 1 is 1.44 bits per heavy atom. The van der Waals surface area contributed by atoms with Crippen molar-refractivity contribution in [1.29, 1.82) is 0 Å². The van der Waals surface area contributed by atoms with Gasteiger partial charge in [-0.25, -0.2) is 0 Å². The van der Waals surface area contributed by atoms with Crippen molar-refractivity contribution in [1.82, 2.24) is 10.6 Å². The summed E-state index contributed by atoms with van der Waals surface area (Å²) >= 11 is 0. The molecule has 2 aliphatic rings. The summed E-state index contributed by atoms with van der Waals surface area (Å²) in [5.41, 5.74) is 0. The van der Waals surface area contributed by atoms with Gasteiger partial charge in [0.15, 0.2) is 0 Å². The Morgan fingerprint density at radius 2 is 2.31 bits per heavy atom. The first-order valence-corrected chi connectivity index (χ1v) is 6.43. The zero-order chi connectivity index (χ0) is 11.2. The van der Waals surface area contributed by atoms with E-state index in [1.54, 1.807) is 0 Å². The minimum Gasteiger partial charge on any atom is -0.375 e. The molecule has 0 spiro atoms. The molecular formula is C12H22N2O2. The van der Waals surface area contributed by atoms with Gasteiger partial charge in [0.1, 0.15) is 0 Å². The molecule has 1 heterocycles. The lowest BCUT2D eigenvalue weighted by atomic mass is 10.2. The molecule has 1 amide bonds. The number of nitrogens with one attached hydrogen (secondary N) is 2. The first-order chi connectivity index (χ1) is 7.84. The molecule has 1 saturated carbocycles. The Bertz CT molecular complexity index is 223. The Morgan fingerprint density at radius 3 is 3.00 bits per heavy atom. The van der Waals surface area contributed by atoms with E-state index in [0.717, 1.165) is 38.6 Å². The van der Waals surface area contributed by atoms with Crippen LogP contribution >= 0.6 is 0 Å². The number of hydrogen-bond acceptors (Lipinski definition) is 3. The molecule has 4 nitrogen and oxygen atoms in total. The van der Waals surface area contributed by atoms with Gasteiger partial charge in [0.25, 0.3) is 0 Å². The van der Waals surface area contributed by atoms with Crippen molar-refractivity contribution in [2.75, 3.05) is 26.2 Å². The number of amides is 1. The molecule has 2 rings (SSSR count). The molecule has 4 heteroatoms. The van der Waals surface area contributed by atoms with Gasteiger partial charge in [0, 0.05) is 19.6 Å². The van der Waals surface area contributed by atoms with Crippen LogP contribution in [0.3, 0.4) is 0 Å². The van der Waals surface area contributed by atoms with Gasteiger partial charge in [-0.1, -0.05) is 12.8 Å². The van der Waals surface area contributed by atoms with Crippen molar-refractivity contribution in [3.05, 3.63) is 0 Å². The Balaban J connectivity index is 1.49. The quantitative estimate of drug-likeness (QED) is 0.655. The van der Waals surface area contributed by atoms with E-state index in [1.165, 1.54) is 19.3 Å². The Hall–Kier alpha value is -0.610. The SMILES string of the molecule is O=C(CC1CNCCO1)NCCCC1CC1. The molecule has 1 aliphatic carbocycles. The number of morpholine rings is 1. The minimum absolute atomic E-state index is 0.0668. The predicted molar refractivity (Wildman–Crippen MR) is 62.2 cm³/mol. The van der Waals surface area contributed by atoms with Gasteiger partial charge in [-0.2, -0.15) is 0 Å². The van der Waals surface area contributed by atoms with Crippen LogP contribution in [0.5, 0.6) is 0 Å². The van der Waals surface area contributed by atoms with Gasteiger partial charge in [-0.3, -0.25) is 4.79 Å². The predicted octanol–water partition coefficient (Wildman–Crippen LogP) is 0.671. The average molecular weight is 226 g/mol. The van der Waals surface area contributed by atoms with Crippen LogP contribution in [-0.2, 0) is 9.53 Å². The number of carbonyl (C=O) groups excluding carboxylic acids is 1. The summed E-state index contributed by atoms with van der Waals surface area (Å²) in [6, 6.07) is 0. The van der Waals surface area contributed by atoms with Crippen molar-refractivity contribution in [3.8, 4) is 0 Å². The first kappa shape index (κ1) is 11.9. The lowest BCUT2D eigenvalue weighted by Gasteiger charge is -2.23. The van der Waals surface area contributed by atoms with Crippen LogP contribution < -0.4 is 10.6 Å². The molecule has 2 fully saturated rings. The minimum atomic E-state index is 0.0668. The van der Waals surface area contributed by atoms with Crippen LogP contribution in [0.25, 0.3) is 0 Å². The third-order valence-electron chi connectivity index (χ3n) is 3.23. The van der Waals surface area contributed by atoms with E-state index in [-0.39, 0.29) is 12.0 Å². The van der Waals surface area contributed by atoms with Gasteiger partial charge >= 0.3 is 0 Å². The molecule has 16 heavy (non-hydrogen) atoms. The van der Waals surface area contributed by atoms with Gasteiger partial charge in [0.05, 0.1) is 19.1 Å². The highest BCUT2D eigenvalue weighted by atomic mass is 16.5. The smallest absolute Gasteiger partial charge is 0.222 e. The summed E-state index contributed by atoms with van der Waals surface area (Å²) in [5, 5.41) is 6.19. The van der Waals surface area contributed by atoms with Crippen molar-refractivity contribution < 1.29 is 9.53 Å². The topological polar surface area (TPSA) is 50.4 Å². The van der Waals surface area contributed by atoms with E-state index in [0.29, 0.717) is 6.42 Å². The molecule has 0 bridgehead atoms. The zero-order valence-corrected chi connectivity index (χ0v) is 9.84. The van der Waals surface area contributed by atoms with E-state index in [9.17, 15) is 4.79 Å². The van der Waals surface area contributed by atoms with Crippen molar-refractivity contribution in [2.45, 2.75) is 38.2 Å². The monoisotopic (exact) mass is 226 g/mol. The van der Waals surface area contributed by atoms with Crippen molar-refractivity contribution in [2.24, 2.45) is 5.92 Å². The molecule has 2 N–H and O–H groups in total. The van der Waals surface area contributed by atoms with Crippen LogP contribution in [0, 0.1) is 5.92 Å². The highest BCUT2D eigenvalue weighted by molar-refractivity contribution is 5.76. The van der Waals surface area contributed by atoms with Crippen LogP contribution in [0.1, 0.15) is 32.1 Å². The Kier molecular flexibility index (Phi) is 4.60. The van der Waals surface area contributed by atoms with Crippen LogP contribution in [-0.4, -0.2) is 38.3 Å². The maximum absolute atomic E-state index is 11.6. The molecule has 0 aromatic heterocycles. The highest BCUT2D eigenvalue weighted by Crippen LogP contribution is 2.33. The first-order valence-electron chi connectivity index (χ1n) is 6.43.